The van der Waals surface area contributed by atoms with Gasteiger partial charge in [0.2, 0.25) is 0 Å². The zero-order chi connectivity index (χ0) is 15.1. The molecular formula is C16H18N2O2S. The first-order valence-corrected chi connectivity index (χ1v) is 7.60. The van der Waals surface area contributed by atoms with Crippen LogP contribution in [-0.4, -0.2) is 30.7 Å². The molecule has 1 aromatic carbocycles. The van der Waals surface area contributed by atoms with E-state index in [2.05, 4.69) is 9.99 Å². The van der Waals surface area contributed by atoms with Crippen molar-refractivity contribution in [2.75, 3.05) is 13.7 Å². The van der Waals surface area contributed by atoms with Crippen LogP contribution in [0.4, 0.5) is 0 Å². The maximum atomic E-state index is 12.5. The van der Waals surface area contributed by atoms with Gasteiger partial charge in [0.1, 0.15) is 7.11 Å². The van der Waals surface area contributed by atoms with E-state index >= 15 is 0 Å². The summed E-state index contributed by atoms with van der Waals surface area (Å²) < 4.78 is 0. The van der Waals surface area contributed by atoms with Gasteiger partial charge in [-0.15, -0.1) is 11.3 Å². The zero-order valence-electron chi connectivity index (χ0n) is 12.2. The average Bonchev–Trinajstić information content (AvgIpc) is 3.03. The summed E-state index contributed by atoms with van der Waals surface area (Å²) in [5.41, 5.74) is 1.58. The molecule has 21 heavy (non-hydrogen) atoms. The van der Waals surface area contributed by atoms with Gasteiger partial charge in [0, 0.05) is 17.0 Å². The number of nitrogens with zero attached hydrogens (tertiary/aromatic N) is 2. The standard InChI is InChI=1S/C16H18N2O2S/c1-3-18(12-15-5-4-10-21-15)16(19)14-8-6-13(7-9-14)11-17-20-2/h4-11H,3,12H2,1-2H3/b17-11+. The molecule has 0 unspecified atom stereocenters. The predicted octanol–water partition coefficient (Wildman–Crippen LogP) is 3.39. The van der Waals surface area contributed by atoms with Gasteiger partial charge in [-0.3, -0.25) is 4.79 Å². The first kappa shape index (κ1) is 15.3. The minimum atomic E-state index is 0.0427. The quantitative estimate of drug-likeness (QED) is 0.606. The Morgan fingerprint density at radius 1 is 1.33 bits per heavy atom. The fraction of sp³-hybridized carbons (Fsp3) is 0.250. The summed E-state index contributed by atoms with van der Waals surface area (Å²) in [6, 6.07) is 11.4. The summed E-state index contributed by atoms with van der Waals surface area (Å²) in [6.07, 6.45) is 1.61. The van der Waals surface area contributed by atoms with E-state index in [-0.39, 0.29) is 5.91 Å². The molecule has 0 aliphatic carbocycles. The smallest absolute Gasteiger partial charge is 0.254 e. The van der Waals surface area contributed by atoms with Crippen molar-refractivity contribution < 1.29 is 9.63 Å². The third kappa shape index (κ3) is 4.16. The Hall–Kier alpha value is -2.14. The second-order valence-corrected chi connectivity index (χ2v) is 5.47. The van der Waals surface area contributed by atoms with Gasteiger partial charge in [-0.25, -0.2) is 0 Å². The van der Waals surface area contributed by atoms with Gasteiger partial charge in [0.25, 0.3) is 5.91 Å². The van der Waals surface area contributed by atoms with E-state index in [1.54, 1.807) is 17.6 Å². The highest BCUT2D eigenvalue weighted by Crippen LogP contribution is 2.14. The molecule has 0 radical (unpaired) electrons. The molecule has 5 heteroatoms. The number of thiophene rings is 1. The highest BCUT2D eigenvalue weighted by Gasteiger charge is 2.14. The van der Waals surface area contributed by atoms with Gasteiger partial charge in [-0.2, -0.15) is 0 Å². The fourth-order valence-corrected chi connectivity index (χ4v) is 2.65. The molecule has 0 spiro atoms. The number of amides is 1. The monoisotopic (exact) mass is 302 g/mol. The normalized spacial score (nSPS) is 10.8. The van der Waals surface area contributed by atoms with Crippen molar-refractivity contribution in [3.05, 3.63) is 57.8 Å². The number of hydrogen-bond donors (Lipinski definition) is 0. The van der Waals surface area contributed by atoms with E-state index < -0.39 is 0 Å². The molecule has 0 bridgehead atoms. The van der Waals surface area contributed by atoms with Crippen LogP contribution in [0.5, 0.6) is 0 Å². The van der Waals surface area contributed by atoms with Crippen LogP contribution < -0.4 is 0 Å². The molecule has 0 saturated carbocycles. The van der Waals surface area contributed by atoms with Crippen molar-refractivity contribution in [1.29, 1.82) is 0 Å². The van der Waals surface area contributed by atoms with Gasteiger partial charge < -0.3 is 9.74 Å². The number of oxime groups is 1. The van der Waals surface area contributed by atoms with Crippen LogP contribution in [0.2, 0.25) is 0 Å². The molecule has 0 aliphatic heterocycles. The first-order chi connectivity index (χ1) is 10.2. The van der Waals surface area contributed by atoms with E-state index in [1.807, 2.05) is 53.6 Å². The van der Waals surface area contributed by atoms with Gasteiger partial charge >= 0.3 is 0 Å². The molecule has 0 fully saturated rings. The lowest BCUT2D eigenvalue weighted by Gasteiger charge is -2.20. The van der Waals surface area contributed by atoms with Crippen LogP contribution in [0.25, 0.3) is 0 Å². The van der Waals surface area contributed by atoms with Crippen molar-refractivity contribution in [2.24, 2.45) is 5.16 Å². The second-order valence-electron chi connectivity index (χ2n) is 4.44. The maximum absolute atomic E-state index is 12.5. The Labute approximate surface area is 128 Å². The largest absolute Gasteiger partial charge is 0.399 e. The Morgan fingerprint density at radius 2 is 2.10 bits per heavy atom. The van der Waals surface area contributed by atoms with Crippen molar-refractivity contribution in [1.82, 2.24) is 4.90 Å². The number of rotatable bonds is 6. The molecule has 1 aromatic heterocycles. The molecule has 110 valence electrons. The molecule has 2 rings (SSSR count). The summed E-state index contributed by atoms with van der Waals surface area (Å²) in [4.78, 5) is 20.2. The Balaban J connectivity index is 2.08. The summed E-state index contributed by atoms with van der Waals surface area (Å²) in [6.45, 7) is 3.33. The Bertz CT molecular complexity index is 591. The third-order valence-corrected chi connectivity index (χ3v) is 3.92. The van der Waals surface area contributed by atoms with Crippen LogP contribution >= 0.6 is 11.3 Å². The zero-order valence-corrected chi connectivity index (χ0v) is 13.0. The number of benzene rings is 1. The van der Waals surface area contributed by atoms with E-state index in [0.717, 1.165) is 5.56 Å². The van der Waals surface area contributed by atoms with Crippen molar-refractivity contribution in [3.63, 3.8) is 0 Å². The predicted molar refractivity (Wildman–Crippen MR) is 85.8 cm³/mol. The molecule has 0 aliphatic rings. The minimum Gasteiger partial charge on any atom is -0.399 e. The highest BCUT2D eigenvalue weighted by molar-refractivity contribution is 7.09. The van der Waals surface area contributed by atoms with E-state index in [4.69, 9.17) is 0 Å². The molecule has 1 heterocycles. The second kappa shape index (κ2) is 7.59. The fourth-order valence-electron chi connectivity index (χ4n) is 1.93. The summed E-state index contributed by atoms with van der Waals surface area (Å²) >= 11 is 1.67. The molecule has 1 amide bonds. The van der Waals surface area contributed by atoms with Crippen LogP contribution in [0.1, 0.15) is 27.7 Å². The SMILES string of the molecule is CCN(Cc1cccs1)C(=O)c1ccc(/C=N/OC)cc1. The topological polar surface area (TPSA) is 41.9 Å². The van der Waals surface area contributed by atoms with Gasteiger partial charge in [-0.05, 0) is 36.1 Å². The lowest BCUT2D eigenvalue weighted by molar-refractivity contribution is 0.0754. The van der Waals surface area contributed by atoms with Crippen molar-refractivity contribution >= 4 is 23.5 Å². The molecule has 2 aromatic rings. The van der Waals surface area contributed by atoms with Crippen LogP contribution in [0, 0.1) is 0 Å². The summed E-state index contributed by atoms with van der Waals surface area (Å²) in [5.74, 6) is 0.0427. The third-order valence-electron chi connectivity index (χ3n) is 3.06. The first-order valence-electron chi connectivity index (χ1n) is 6.73. The van der Waals surface area contributed by atoms with Crippen molar-refractivity contribution in [3.8, 4) is 0 Å². The minimum absolute atomic E-state index is 0.0427. The van der Waals surface area contributed by atoms with E-state index in [9.17, 15) is 4.79 Å². The Morgan fingerprint density at radius 3 is 2.67 bits per heavy atom. The van der Waals surface area contributed by atoms with Crippen LogP contribution in [0.15, 0.2) is 46.9 Å². The Kier molecular flexibility index (Phi) is 5.51. The molecule has 0 N–H and O–H groups in total. The lowest BCUT2D eigenvalue weighted by Crippen LogP contribution is -2.29. The van der Waals surface area contributed by atoms with Gasteiger partial charge in [-0.1, -0.05) is 23.4 Å². The molecular weight excluding hydrogens is 284 g/mol. The molecule has 4 nitrogen and oxygen atoms in total. The number of carbonyl (C=O) groups excluding carboxylic acids is 1. The van der Waals surface area contributed by atoms with Crippen molar-refractivity contribution in [2.45, 2.75) is 13.5 Å². The average molecular weight is 302 g/mol. The maximum Gasteiger partial charge on any atom is 0.254 e. The highest BCUT2D eigenvalue weighted by atomic mass is 32.1. The summed E-state index contributed by atoms with van der Waals surface area (Å²) in [5, 5.41) is 5.72. The van der Waals surface area contributed by atoms with Crippen LogP contribution in [-0.2, 0) is 11.4 Å². The van der Waals surface area contributed by atoms with Crippen LogP contribution in [0.3, 0.4) is 0 Å². The lowest BCUT2D eigenvalue weighted by atomic mass is 10.1. The van der Waals surface area contributed by atoms with E-state index in [1.165, 1.54) is 12.0 Å². The molecule has 0 saturated heterocycles. The number of carbonyl (C=O) groups is 1. The summed E-state index contributed by atoms with van der Waals surface area (Å²) in [7, 11) is 1.50. The molecule has 0 atom stereocenters. The van der Waals surface area contributed by atoms with E-state index in [0.29, 0.717) is 18.7 Å². The van der Waals surface area contributed by atoms with Gasteiger partial charge in [0.05, 0.1) is 12.8 Å². The van der Waals surface area contributed by atoms with Gasteiger partial charge in [0.15, 0.2) is 0 Å². The number of hydrogen-bond acceptors (Lipinski definition) is 4.